The van der Waals surface area contributed by atoms with E-state index in [0.717, 1.165) is 12.8 Å². The molecule has 1 aromatic rings. The highest BCUT2D eigenvalue weighted by Gasteiger charge is 2.14. The first-order valence-electron chi connectivity index (χ1n) is 6.37. The smallest absolute Gasteiger partial charge is 0.251 e. The highest BCUT2D eigenvalue weighted by Crippen LogP contribution is 2.22. The fourth-order valence-corrected chi connectivity index (χ4v) is 2.24. The predicted octanol–water partition coefficient (Wildman–Crippen LogP) is 1.04. The first-order valence-corrected chi connectivity index (χ1v) is 6.37. The fraction of sp³-hybridized carbons (Fsp3) is 0.429. The van der Waals surface area contributed by atoms with Crippen molar-refractivity contribution in [3.63, 3.8) is 0 Å². The maximum Gasteiger partial charge on any atom is 0.251 e. The molecular weight excluding hydrogens is 228 g/mol. The lowest BCUT2D eigenvalue weighted by Crippen LogP contribution is -2.36. The Hall–Kier alpha value is -1.84. The van der Waals surface area contributed by atoms with Crippen molar-refractivity contribution in [2.75, 3.05) is 13.1 Å². The van der Waals surface area contributed by atoms with Gasteiger partial charge in [-0.15, -0.1) is 0 Å². The van der Waals surface area contributed by atoms with Crippen LogP contribution >= 0.6 is 0 Å². The Morgan fingerprint density at radius 2 is 1.94 bits per heavy atom. The molecule has 0 spiro atoms. The minimum Gasteiger partial charge on any atom is -0.355 e. The molecule has 0 fully saturated rings. The zero-order valence-corrected chi connectivity index (χ0v) is 10.6. The molecule has 0 saturated carbocycles. The zero-order chi connectivity index (χ0) is 13.0. The average molecular weight is 246 g/mol. The minimum atomic E-state index is -0.184. The van der Waals surface area contributed by atoms with Crippen molar-refractivity contribution in [1.82, 2.24) is 10.6 Å². The topological polar surface area (TPSA) is 58.2 Å². The number of nitrogens with one attached hydrogen (secondary N) is 2. The van der Waals surface area contributed by atoms with Crippen LogP contribution in [0.2, 0.25) is 0 Å². The number of hydrogen-bond donors (Lipinski definition) is 2. The molecule has 0 aliphatic heterocycles. The Morgan fingerprint density at radius 1 is 1.17 bits per heavy atom. The SMILES string of the molecule is CCNC(=O)CNC(=O)c1ccc2c(c1)CCC2. The van der Waals surface area contributed by atoms with Gasteiger partial charge in [-0.2, -0.15) is 0 Å². The molecule has 1 aliphatic rings. The molecule has 2 N–H and O–H groups in total. The van der Waals surface area contributed by atoms with Crippen LogP contribution in [0.3, 0.4) is 0 Å². The summed E-state index contributed by atoms with van der Waals surface area (Å²) >= 11 is 0. The summed E-state index contributed by atoms with van der Waals surface area (Å²) in [5.74, 6) is -0.344. The summed E-state index contributed by atoms with van der Waals surface area (Å²) in [6.45, 7) is 2.46. The van der Waals surface area contributed by atoms with Crippen LogP contribution in [-0.2, 0) is 17.6 Å². The standard InChI is InChI=1S/C14H18N2O2/c1-2-15-13(17)9-16-14(18)12-7-6-10-4-3-5-11(10)8-12/h6-8H,2-5,9H2,1H3,(H,15,17)(H,16,18). The monoisotopic (exact) mass is 246 g/mol. The number of carbonyl (C=O) groups excluding carboxylic acids is 2. The lowest BCUT2D eigenvalue weighted by Gasteiger charge is -2.07. The average Bonchev–Trinajstić information content (AvgIpc) is 2.83. The molecule has 1 aromatic carbocycles. The molecule has 0 heterocycles. The van der Waals surface area contributed by atoms with Crippen LogP contribution < -0.4 is 10.6 Å². The molecule has 4 nitrogen and oxygen atoms in total. The fourth-order valence-electron chi connectivity index (χ4n) is 2.24. The van der Waals surface area contributed by atoms with E-state index in [1.165, 1.54) is 17.5 Å². The highest BCUT2D eigenvalue weighted by molar-refractivity contribution is 5.96. The first kappa shape index (κ1) is 12.6. The van der Waals surface area contributed by atoms with E-state index in [4.69, 9.17) is 0 Å². The van der Waals surface area contributed by atoms with E-state index in [9.17, 15) is 9.59 Å². The van der Waals surface area contributed by atoms with Gasteiger partial charge in [0.05, 0.1) is 6.54 Å². The van der Waals surface area contributed by atoms with E-state index < -0.39 is 0 Å². The number of amides is 2. The van der Waals surface area contributed by atoms with Gasteiger partial charge in [-0.1, -0.05) is 6.07 Å². The summed E-state index contributed by atoms with van der Waals surface area (Å²) in [6.07, 6.45) is 3.32. The molecule has 1 aliphatic carbocycles. The van der Waals surface area contributed by atoms with Crippen LogP contribution in [0, 0.1) is 0 Å². The molecule has 0 aromatic heterocycles. The largest absolute Gasteiger partial charge is 0.355 e. The van der Waals surface area contributed by atoms with Crippen molar-refractivity contribution in [3.8, 4) is 0 Å². The lowest BCUT2D eigenvalue weighted by molar-refractivity contribution is -0.120. The Kier molecular flexibility index (Phi) is 3.97. The molecule has 2 rings (SSSR count). The van der Waals surface area contributed by atoms with Gasteiger partial charge in [-0.05, 0) is 49.4 Å². The number of fused-ring (bicyclic) bond motifs is 1. The summed E-state index contributed by atoms with van der Waals surface area (Å²) < 4.78 is 0. The number of aryl methyl sites for hydroxylation is 2. The molecule has 2 amide bonds. The van der Waals surface area contributed by atoms with E-state index in [1.54, 1.807) is 0 Å². The first-order chi connectivity index (χ1) is 8.70. The van der Waals surface area contributed by atoms with Gasteiger partial charge >= 0.3 is 0 Å². The molecule has 0 unspecified atom stereocenters. The quantitative estimate of drug-likeness (QED) is 0.834. The molecule has 0 radical (unpaired) electrons. The van der Waals surface area contributed by atoms with E-state index in [1.807, 2.05) is 25.1 Å². The molecule has 0 atom stereocenters. The normalized spacial score (nSPS) is 12.9. The van der Waals surface area contributed by atoms with Crippen molar-refractivity contribution in [3.05, 3.63) is 34.9 Å². The number of hydrogen-bond acceptors (Lipinski definition) is 2. The predicted molar refractivity (Wildman–Crippen MR) is 69.5 cm³/mol. The molecule has 0 saturated heterocycles. The number of likely N-dealkylation sites (N-methyl/N-ethyl adjacent to an activating group) is 1. The van der Waals surface area contributed by atoms with Gasteiger partial charge in [0.15, 0.2) is 0 Å². The van der Waals surface area contributed by atoms with Gasteiger partial charge in [0.2, 0.25) is 5.91 Å². The van der Waals surface area contributed by atoms with E-state index in [2.05, 4.69) is 10.6 Å². The number of benzene rings is 1. The van der Waals surface area contributed by atoms with Crippen LogP contribution in [0.25, 0.3) is 0 Å². The van der Waals surface area contributed by atoms with Gasteiger partial charge < -0.3 is 10.6 Å². The van der Waals surface area contributed by atoms with E-state index in [-0.39, 0.29) is 18.4 Å². The van der Waals surface area contributed by atoms with Crippen molar-refractivity contribution in [2.24, 2.45) is 0 Å². The van der Waals surface area contributed by atoms with Gasteiger partial charge in [-0.3, -0.25) is 9.59 Å². The van der Waals surface area contributed by atoms with Crippen LogP contribution in [0.4, 0.5) is 0 Å². The Labute approximate surface area is 107 Å². The Balaban J connectivity index is 1.95. The van der Waals surface area contributed by atoms with Crippen LogP contribution in [0.5, 0.6) is 0 Å². The van der Waals surface area contributed by atoms with Crippen molar-refractivity contribution in [2.45, 2.75) is 26.2 Å². The Morgan fingerprint density at radius 3 is 2.72 bits per heavy atom. The van der Waals surface area contributed by atoms with Gasteiger partial charge in [0, 0.05) is 12.1 Å². The summed E-state index contributed by atoms with van der Waals surface area (Å²) in [5.41, 5.74) is 3.25. The van der Waals surface area contributed by atoms with Crippen molar-refractivity contribution in [1.29, 1.82) is 0 Å². The maximum atomic E-state index is 11.9. The van der Waals surface area contributed by atoms with Crippen molar-refractivity contribution < 1.29 is 9.59 Å². The minimum absolute atomic E-state index is 0.0315. The number of carbonyl (C=O) groups is 2. The second-order valence-corrected chi connectivity index (χ2v) is 4.47. The van der Waals surface area contributed by atoms with Crippen LogP contribution in [-0.4, -0.2) is 24.9 Å². The zero-order valence-electron chi connectivity index (χ0n) is 10.6. The maximum absolute atomic E-state index is 11.9. The van der Waals surface area contributed by atoms with Gasteiger partial charge in [-0.25, -0.2) is 0 Å². The second kappa shape index (κ2) is 5.67. The summed E-state index contributed by atoms with van der Waals surface area (Å²) in [6, 6.07) is 5.79. The third kappa shape index (κ3) is 2.88. The highest BCUT2D eigenvalue weighted by atomic mass is 16.2. The third-order valence-corrected chi connectivity index (χ3v) is 3.14. The lowest BCUT2D eigenvalue weighted by atomic mass is 10.1. The second-order valence-electron chi connectivity index (χ2n) is 4.47. The van der Waals surface area contributed by atoms with Gasteiger partial charge in [0.25, 0.3) is 5.91 Å². The molecule has 4 heteroatoms. The summed E-state index contributed by atoms with van der Waals surface area (Å²) in [5, 5.41) is 5.26. The van der Waals surface area contributed by atoms with Crippen molar-refractivity contribution >= 4 is 11.8 Å². The van der Waals surface area contributed by atoms with Crippen LogP contribution in [0.1, 0.15) is 34.8 Å². The molecule has 18 heavy (non-hydrogen) atoms. The van der Waals surface area contributed by atoms with E-state index in [0.29, 0.717) is 12.1 Å². The molecule has 96 valence electrons. The number of rotatable bonds is 4. The summed E-state index contributed by atoms with van der Waals surface area (Å²) in [7, 11) is 0. The molecular formula is C14H18N2O2. The van der Waals surface area contributed by atoms with Crippen LogP contribution in [0.15, 0.2) is 18.2 Å². The van der Waals surface area contributed by atoms with Gasteiger partial charge in [0.1, 0.15) is 0 Å². The summed E-state index contributed by atoms with van der Waals surface area (Å²) in [4.78, 5) is 23.1. The van der Waals surface area contributed by atoms with E-state index >= 15 is 0 Å². The molecule has 0 bridgehead atoms. The third-order valence-electron chi connectivity index (χ3n) is 3.14. The Bertz CT molecular complexity index is 469.